The van der Waals surface area contributed by atoms with Gasteiger partial charge in [0.2, 0.25) is 0 Å². The zero-order chi connectivity index (χ0) is 12.1. The van der Waals surface area contributed by atoms with Gasteiger partial charge >= 0.3 is 0 Å². The van der Waals surface area contributed by atoms with Crippen LogP contribution < -0.4 is 5.32 Å². The van der Waals surface area contributed by atoms with Gasteiger partial charge in [-0.1, -0.05) is 24.5 Å². The van der Waals surface area contributed by atoms with Crippen molar-refractivity contribution in [3.05, 3.63) is 11.6 Å². The summed E-state index contributed by atoms with van der Waals surface area (Å²) < 4.78 is 5.73. The Morgan fingerprint density at radius 2 is 2.12 bits per heavy atom. The van der Waals surface area contributed by atoms with Gasteiger partial charge in [-0.25, -0.2) is 0 Å². The summed E-state index contributed by atoms with van der Waals surface area (Å²) in [5, 5.41) is 3.53. The molecule has 2 aliphatic rings. The first kappa shape index (κ1) is 13.1. The Bertz CT molecular complexity index is 262. The van der Waals surface area contributed by atoms with Crippen molar-refractivity contribution in [3.63, 3.8) is 0 Å². The molecular weight excluding hydrogens is 210 g/mol. The number of hydrogen-bond donors (Lipinski definition) is 1. The van der Waals surface area contributed by atoms with Crippen molar-refractivity contribution >= 4 is 0 Å². The third kappa shape index (κ3) is 3.56. The lowest BCUT2D eigenvalue weighted by Gasteiger charge is -2.26. The molecule has 0 saturated carbocycles. The Labute approximate surface area is 106 Å². The molecule has 0 aromatic rings. The second-order valence-electron chi connectivity index (χ2n) is 5.64. The van der Waals surface area contributed by atoms with Crippen LogP contribution >= 0.6 is 0 Å². The van der Waals surface area contributed by atoms with Gasteiger partial charge in [0.25, 0.3) is 0 Å². The van der Waals surface area contributed by atoms with E-state index < -0.39 is 0 Å². The third-order valence-electron chi connectivity index (χ3n) is 4.24. The minimum Gasteiger partial charge on any atom is -0.378 e. The van der Waals surface area contributed by atoms with E-state index in [2.05, 4.69) is 25.4 Å². The molecule has 0 bridgehead atoms. The molecule has 3 atom stereocenters. The van der Waals surface area contributed by atoms with Gasteiger partial charge in [0.15, 0.2) is 0 Å². The molecule has 1 N–H and O–H groups in total. The maximum Gasteiger partial charge on any atom is 0.0551 e. The van der Waals surface area contributed by atoms with E-state index in [1.165, 1.54) is 44.9 Å². The Hall–Kier alpha value is -0.340. The molecule has 1 aliphatic heterocycles. The van der Waals surface area contributed by atoms with Crippen LogP contribution in [0.1, 0.15) is 51.9 Å². The molecule has 0 radical (unpaired) electrons. The van der Waals surface area contributed by atoms with Gasteiger partial charge in [-0.2, -0.15) is 0 Å². The molecule has 0 aromatic carbocycles. The lowest BCUT2D eigenvalue weighted by molar-refractivity contribution is 0.118. The Morgan fingerprint density at radius 3 is 2.82 bits per heavy atom. The van der Waals surface area contributed by atoms with Gasteiger partial charge in [0, 0.05) is 12.0 Å². The van der Waals surface area contributed by atoms with Gasteiger partial charge in [0.05, 0.1) is 12.7 Å². The van der Waals surface area contributed by atoms with Crippen LogP contribution in [-0.2, 0) is 4.74 Å². The standard InChI is InChI=1S/C15H27NO/c1-12-10-14(11-17-12)15(16-2)13-8-6-4-3-5-7-9-13/h8,12,14-16H,3-7,9-11H2,1-2H3. The zero-order valence-corrected chi connectivity index (χ0v) is 11.4. The summed E-state index contributed by atoms with van der Waals surface area (Å²) in [5.41, 5.74) is 1.65. The van der Waals surface area contributed by atoms with Crippen LogP contribution in [0.4, 0.5) is 0 Å². The highest BCUT2D eigenvalue weighted by atomic mass is 16.5. The first-order valence-corrected chi connectivity index (χ1v) is 7.29. The van der Waals surface area contributed by atoms with Gasteiger partial charge in [-0.3, -0.25) is 0 Å². The number of hydrogen-bond acceptors (Lipinski definition) is 2. The fourth-order valence-corrected chi connectivity index (χ4v) is 3.31. The van der Waals surface area contributed by atoms with Gasteiger partial charge in [0.1, 0.15) is 0 Å². The summed E-state index contributed by atoms with van der Waals surface area (Å²) in [5.74, 6) is 0.681. The van der Waals surface area contributed by atoms with Crippen LogP contribution in [0.25, 0.3) is 0 Å². The summed E-state index contributed by atoms with van der Waals surface area (Å²) in [7, 11) is 2.10. The van der Waals surface area contributed by atoms with Crippen molar-refractivity contribution in [1.29, 1.82) is 0 Å². The molecule has 1 heterocycles. The van der Waals surface area contributed by atoms with E-state index in [4.69, 9.17) is 4.74 Å². The average molecular weight is 237 g/mol. The average Bonchev–Trinajstić information content (AvgIpc) is 2.68. The second kappa shape index (κ2) is 6.55. The summed E-state index contributed by atoms with van der Waals surface area (Å²) in [6.45, 7) is 3.13. The SMILES string of the molecule is CNC(C1=CCCCCCC1)C1COC(C)C1. The molecule has 1 fully saturated rings. The lowest BCUT2D eigenvalue weighted by atomic mass is 9.86. The van der Waals surface area contributed by atoms with Crippen LogP contribution in [0.3, 0.4) is 0 Å². The van der Waals surface area contributed by atoms with E-state index in [9.17, 15) is 0 Å². The number of rotatable bonds is 3. The van der Waals surface area contributed by atoms with Gasteiger partial charge < -0.3 is 10.1 Å². The second-order valence-corrected chi connectivity index (χ2v) is 5.64. The minimum atomic E-state index is 0.449. The summed E-state index contributed by atoms with van der Waals surface area (Å²) in [6.07, 6.45) is 12.3. The van der Waals surface area contributed by atoms with Crippen molar-refractivity contribution in [2.45, 2.75) is 64.0 Å². The smallest absolute Gasteiger partial charge is 0.0551 e. The molecule has 98 valence electrons. The van der Waals surface area contributed by atoms with Gasteiger partial charge in [-0.15, -0.1) is 0 Å². The van der Waals surface area contributed by atoms with E-state index in [0.717, 1.165) is 6.61 Å². The fraction of sp³-hybridized carbons (Fsp3) is 0.867. The number of ether oxygens (including phenoxy) is 1. The number of likely N-dealkylation sites (N-methyl/N-ethyl adjacent to an activating group) is 1. The Morgan fingerprint density at radius 1 is 1.29 bits per heavy atom. The molecule has 17 heavy (non-hydrogen) atoms. The van der Waals surface area contributed by atoms with Crippen LogP contribution in [0.5, 0.6) is 0 Å². The molecule has 2 rings (SSSR count). The summed E-state index contributed by atoms with van der Waals surface area (Å²) >= 11 is 0. The van der Waals surface area contributed by atoms with E-state index in [0.29, 0.717) is 18.1 Å². The monoisotopic (exact) mass is 237 g/mol. The van der Waals surface area contributed by atoms with E-state index in [1.54, 1.807) is 5.57 Å². The number of nitrogens with one attached hydrogen (secondary N) is 1. The Balaban J connectivity index is 2.00. The van der Waals surface area contributed by atoms with Gasteiger partial charge in [-0.05, 0) is 46.1 Å². The maximum absolute atomic E-state index is 5.73. The first-order chi connectivity index (χ1) is 8.31. The molecular formula is C15H27NO. The fourth-order valence-electron chi connectivity index (χ4n) is 3.31. The summed E-state index contributed by atoms with van der Waals surface area (Å²) in [4.78, 5) is 0. The lowest BCUT2D eigenvalue weighted by Crippen LogP contribution is -2.36. The van der Waals surface area contributed by atoms with Crippen LogP contribution in [0.15, 0.2) is 11.6 Å². The molecule has 0 amide bonds. The van der Waals surface area contributed by atoms with Crippen molar-refractivity contribution in [3.8, 4) is 0 Å². The summed E-state index contributed by atoms with van der Waals surface area (Å²) in [6, 6.07) is 0.554. The topological polar surface area (TPSA) is 21.3 Å². The highest BCUT2D eigenvalue weighted by molar-refractivity contribution is 5.14. The predicted octanol–water partition coefficient (Wildman–Crippen LogP) is 3.28. The highest BCUT2D eigenvalue weighted by Crippen LogP contribution is 2.29. The minimum absolute atomic E-state index is 0.449. The molecule has 1 aliphatic carbocycles. The number of allylic oxidation sites excluding steroid dienone is 1. The van der Waals surface area contributed by atoms with Crippen molar-refractivity contribution < 1.29 is 4.74 Å². The van der Waals surface area contributed by atoms with Crippen molar-refractivity contribution in [1.82, 2.24) is 5.32 Å². The van der Waals surface area contributed by atoms with Crippen molar-refractivity contribution in [2.24, 2.45) is 5.92 Å². The van der Waals surface area contributed by atoms with Crippen LogP contribution in [0.2, 0.25) is 0 Å². The highest BCUT2D eigenvalue weighted by Gasteiger charge is 2.30. The van der Waals surface area contributed by atoms with E-state index in [-0.39, 0.29) is 0 Å². The predicted molar refractivity (Wildman–Crippen MR) is 72.2 cm³/mol. The largest absolute Gasteiger partial charge is 0.378 e. The van der Waals surface area contributed by atoms with Crippen LogP contribution in [0, 0.1) is 5.92 Å². The zero-order valence-electron chi connectivity index (χ0n) is 11.4. The quantitative estimate of drug-likeness (QED) is 0.761. The molecule has 2 nitrogen and oxygen atoms in total. The molecule has 3 unspecified atom stereocenters. The van der Waals surface area contributed by atoms with Crippen LogP contribution in [-0.4, -0.2) is 25.8 Å². The molecule has 0 aromatic heterocycles. The molecule has 0 spiro atoms. The Kier molecular flexibility index (Phi) is 5.05. The first-order valence-electron chi connectivity index (χ1n) is 7.29. The maximum atomic E-state index is 5.73. The van der Waals surface area contributed by atoms with E-state index in [1.807, 2.05) is 0 Å². The normalized spacial score (nSPS) is 32.7. The molecule has 2 heteroatoms. The van der Waals surface area contributed by atoms with E-state index >= 15 is 0 Å². The van der Waals surface area contributed by atoms with Crippen molar-refractivity contribution in [2.75, 3.05) is 13.7 Å². The molecule has 1 saturated heterocycles. The third-order valence-corrected chi connectivity index (χ3v) is 4.24.